The van der Waals surface area contributed by atoms with E-state index in [2.05, 4.69) is 0 Å². The average molecular weight is 286 g/mol. The lowest BCUT2D eigenvalue weighted by Gasteiger charge is -2.14. The molecule has 0 saturated heterocycles. The smallest absolute Gasteiger partial charge is 0.201 e. The first-order valence-corrected chi connectivity index (χ1v) is 6.29. The Bertz CT molecular complexity index is 855. The van der Waals surface area contributed by atoms with E-state index >= 15 is 0 Å². The number of phenolic OH excluding ortho intramolecular Hbond substituents is 3. The molecule has 5 heteroatoms. The van der Waals surface area contributed by atoms with Crippen LogP contribution in [0.1, 0.15) is 0 Å². The van der Waals surface area contributed by atoms with Gasteiger partial charge in [-0.25, -0.2) is 0 Å². The normalized spacial score (nSPS) is 11.0. The van der Waals surface area contributed by atoms with Gasteiger partial charge in [0.1, 0.15) is 0 Å². The molecule has 0 aliphatic heterocycles. The maximum atomic E-state index is 9.98. The fraction of sp³-hybridized carbons (Fsp3) is 0.125. The Morgan fingerprint density at radius 3 is 2.10 bits per heavy atom. The van der Waals surface area contributed by atoms with Crippen LogP contribution < -0.4 is 9.47 Å². The van der Waals surface area contributed by atoms with Gasteiger partial charge in [0.25, 0.3) is 0 Å². The van der Waals surface area contributed by atoms with Crippen LogP contribution in [0, 0.1) is 0 Å². The van der Waals surface area contributed by atoms with E-state index in [0.29, 0.717) is 21.9 Å². The van der Waals surface area contributed by atoms with Crippen molar-refractivity contribution in [3.63, 3.8) is 0 Å². The third kappa shape index (κ3) is 1.78. The number of ether oxygens (including phenoxy) is 2. The number of fused-ring (bicyclic) bond motifs is 3. The molecule has 0 fully saturated rings. The third-order valence-electron chi connectivity index (χ3n) is 3.55. The molecule has 3 N–H and O–H groups in total. The number of rotatable bonds is 2. The molecule has 0 bridgehead atoms. The molecule has 0 heterocycles. The Morgan fingerprint density at radius 1 is 0.762 bits per heavy atom. The van der Waals surface area contributed by atoms with Gasteiger partial charge < -0.3 is 24.8 Å². The minimum Gasteiger partial charge on any atom is -0.504 e. The summed E-state index contributed by atoms with van der Waals surface area (Å²) in [6.45, 7) is 0. The first-order chi connectivity index (χ1) is 10.1. The SMILES string of the molecule is COc1c(O)ccc2c1ccc1cc(O)c(O)c(OC)c12. The number of hydrogen-bond donors (Lipinski definition) is 3. The molecule has 0 spiro atoms. The van der Waals surface area contributed by atoms with Crippen LogP contribution in [0.15, 0.2) is 30.3 Å². The fourth-order valence-corrected chi connectivity index (χ4v) is 2.62. The van der Waals surface area contributed by atoms with Crippen LogP contribution in [-0.4, -0.2) is 29.5 Å². The van der Waals surface area contributed by atoms with Crippen LogP contribution in [0.3, 0.4) is 0 Å². The predicted molar refractivity (Wildman–Crippen MR) is 79.6 cm³/mol. The van der Waals surface area contributed by atoms with Crippen LogP contribution in [0.5, 0.6) is 28.7 Å². The van der Waals surface area contributed by atoms with Gasteiger partial charge in [-0.05, 0) is 35.0 Å². The first kappa shape index (κ1) is 13.2. The molecule has 0 unspecified atom stereocenters. The van der Waals surface area contributed by atoms with E-state index < -0.39 is 0 Å². The van der Waals surface area contributed by atoms with Crippen molar-refractivity contribution < 1.29 is 24.8 Å². The summed E-state index contributed by atoms with van der Waals surface area (Å²) in [6.07, 6.45) is 0. The molecule has 3 aromatic rings. The molecule has 3 rings (SSSR count). The van der Waals surface area contributed by atoms with E-state index in [-0.39, 0.29) is 23.0 Å². The lowest BCUT2D eigenvalue weighted by atomic mass is 9.99. The van der Waals surface area contributed by atoms with E-state index in [4.69, 9.17) is 9.47 Å². The molecule has 0 atom stereocenters. The summed E-state index contributed by atoms with van der Waals surface area (Å²) in [6, 6.07) is 8.25. The Labute approximate surface area is 120 Å². The molecule has 3 aromatic carbocycles. The van der Waals surface area contributed by atoms with Crippen molar-refractivity contribution in [3.05, 3.63) is 30.3 Å². The summed E-state index contributed by atoms with van der Waals surface area (Å²) in [4.78, 5) is 0. The van der Waals surface area contributed by atoms with Crippen molar-refractivity contribution >= 4 is 21.5 Å². The molecule has 108 valence electrons. The van der Waals surface area contributed by atoms with E-state index in [1.165, 1.54) is 26.4 Å². The molecular weight excluding hydrogens is 272 g/mol. The number of hydrogen-bond acceptors (Lipinski definition) is 5. The Balaban J connectivity index is 2.57. The Hall–Kier alpha value is -2.82. The van der Waals surface area contributed by atoms with Crippen molar-refractivity contribution in [2.24, 2.45) is 0 Å². The number of aromatic hydroxyl groups is 3. The quantitative estimate of drug-likeness (QED) is 0.498. The largest absolute Gasteiger partial charge is 0.504 e. The van der Waals surface area contributed by atoms with Gasteiger partial charge in [0.05, 0.1) is 14.2 Å². The molecule has 0 aromatic heterocycles. The maximum Gasteiger partial charge on any atom is 0.201 e. The summed E-state index contributed by atoms with van der Waals surface area (Å²) in [5.74, 6) is 0.00710. The highest BCUT2D eigenvalue weighted by Crippen LogP contribution is 2.46. The molecule has 0 radical (unpaired) electrons. The predicted octanol–water partition coefficient (Wildman–Crippen LogP) is 3.13. The molecule has 0 aliphatic carbocycles. The molecule has 0 aliphatic rings. The maximum absolute atomic E-state index is 9.98. The lowest BCUT2D eigenvalue weighted by molar-refractivity contribution is 0.355. The summed E-state index contributed by atoms with van der Waals surface area (Å²) in [5, 5.41) is 32.4. The van der Waals surface area contributed by atoms with Crippen molar-refractivity contribution in [1.82, 2.24) is 0 Å². The minimum absolute atomic E-state index is 0.0336. The number of benzene rings is 3. The topological polar surface area (TPSA) is 79.2 Å². The third-order valence-corrected chi connectivity index (χ3v) is 3.55. The molecular formula is C16H14O5. The molecule has 0 amide bonds. The summed E-state index contributed by atoms with van der Waals surface area (Å²) in [5.41, 5.74) is 0. The summed E-state index contributed by atoms with van der Waals surface area (Å²) >= 11 is 0. The summed E-state index contributed by atoms with van der Waals surface area (Å²) in [7, 11) is 2.90. The zero-order valence-corrected chi connectivity index (χ0v) is 11.5. The van der Waals surface area contributed by atoms with Gasteiger partial charge in [-0.15, -0.1) is 0 Å². The highest BCUT2D eigenvalue weighted by atomic mass is 16.5. The molecule has 5 nitrogen and oxygen atoms in total. The van der Waals surface area contributed by atoms with E-state index in [1.54, 1.807) is 18.2 Å². The van der Waals surface area contributed by atoms with E-state index in [1.807, 2.05) is 0 Å². The van der Waals surface area contributed by atoms with Gasteiger partial charge in [0, 0.05) is 10.8 Å². The van der Waals surface area contributed by atoms with E-state index in [9.17, 15) is 15.3 Å². The van der Waals surface area contributed by atoms with Crippen LogP contribution in [0.2, 0.25) is 0 Å². The zero-order chi connectivity index (χ0) is 15.1. The second-order valence-corrected chi connectivity index (χ2v) is 4.65. The lowest BCUT2D eigenvalue weighted by Crippen LogP contribution is -1.90. The minimum atomic E-state index is -0.315. The van der Waals surface area contributed by atoms with Gasteiger partial charge in [-0.1, -0.05) is 6.07 Å². The van der Waals surface area contributed by atoms with Gasteiger partial charge in [-0.3, -0.25) is 0 Å². The van der Waals surface area contributed by atoms with Crippen molar-refractivity contribution in [1.29, 1.82) is 0 Å². The standard InChI is InChI=1S/C16H14O5/c1-20-15-10-4-3-8-7-12(18)14(19)16(21-2)13(8)9(10)5-6-11(15)17/h3-7,17-19H,1-2H3. The van der Waals surface area contributed by atoms with Crippen molar-refractivity contribution in [2.75, 3.05) is 14.2 Å². The van der Waals surface area contributed by atoms with Crippen molar-refractivity contribution in [3.8, 4) is 28.7 Å². The van der Waals surface area contributed by atoms with Crippen LogP contribution in [0.4, 0.5) is 0 Å². The highest BCUT2D eigenvalue weighted by Gasteiger charge is 2.17. The summed E-state index contributed by atoms with van der Waals surface area (Å²) < 4.78 is 10.5. The first-order valence-electron chi connectivity index (χ1n) is 6.29. The molecule has 21 heavy (non-hydrogen) atoms. The second kappa shape index (κ2) is 4.63. The second-order valence-electron chi connectivity index (χ2n) is 4.65. The van der Waals surface area contributed by atoms with Gasteiger partial charge in [-0.2, -0.15) is 0 Å². The Morgan fingerprint density at radius 2 is 1.43 bits per heavy atom. The molecule has 0 saturated carbocycles. The van der Waals surface area contributed by atoms with Gasteiger partial charge >= 0.3 is 0 Å². The number of methoxy groups -OCH3 is 2. The zero-order valence-electron chi connectivity index (χ0n) is 11.5. The van der Waals surface area contributed by atoms with Gasteiger partial charge in [0.15, 0.2) is 23.0 Å². The van der Waals surface area contributed by atoms with Crippen LogP contribution in [-0.2, 0) is 0 Å². The van der Waals surface area contributed by atoms with Crippen molar-refractivity contribution in [2.45, 2.75) is 0 Å². The fourth-order valence-electron chi connectivity index (χ4n) is 2.62. The Kier molecular flexibility index (Phi) is 2.90. The number of phenols is 3. The van der Waals surface area contributed by atoms with Crippen LogP contribution in [0.25, 0.3) is 21.5 Å². The van der Waals surface area contributed by atoms with Gasteiger partial charge in [0.2, 0.25) is 5.75 Å². The van der Waals surface area contributed by atoms with Crippen LogP contribution >= 0.6 is 0 Å². The van der Waals surface area contributed by atoms with E-state index in [0.717, 1.165) is 5.39 Å². The average Bonchev–Trinajstić information content (AvgIpc) is 2.48. The highest BCUT2D eigenvalue weighted by molar-refractivity contribution is 6.14. The monoisotopic (exact) mass is 286 g/mol.